The van der Waals surface area contributed by atoms with Gasteiger partial charge in [-0.2, -0.15) is 4.57 Å². The maximum Gasteiger partial charge on any atom is 0.191 e. The van der Waals surface area contributed by atoms with Gasteiger partial charge in [0.1, 0.15) is 0 Å². The number of nitrogens with zero attached hydrogens (tertiary/aromatic N) is 1. The zero-order chi connectivity index (χ0) is 13.0. The van der Waals surface area contributed by atoms with Crippen molar-refractivity contribution in [2.75, 3.05) is 0 Å². The molecular formula is C16H16NO+. The number of aromatic nitrogens is 1. The second-order valence-corrected chi connectivity index (χ2v) is 4.37. The fraction of sp³-hybridized carbons (Fsp3) is 0.125. The molecule has 0 aliphatic rings. The van der Waals surface area contributed by atoms with E-state index in [0.717, 1.165) is 11.1 Å². The van der Waals surface area contributed by atoms with E-state index in [0.29, 0.717) is 5.56 Å². The topological polar surface area (TPSA) is 20.9 Å². The molecule has 90 valence electrons. The lowest BCUT2D eigenvalue weighted by atomic mass is 10.1. The molecule has 0 aliphatic heterocycles. The molecule has 2 nitrogen and oxygen atoms in total. The van der Waals surface area contributed by atoms with Crippen LogP contribution in [0.3, 0.4) is 0 Å². The van der Waals surface area contributed by atoms with Crippen LogP contribution >= 0.6 is 0 Å². The van der Waals surface area contributed by atoms with Crippen molar-refractivity contribution in [3.63, 3.8) is 0 Å². The third kappa shape index (κ3) is 3.14. The van der Waals surface area contributed by atoms with Gasteiger partial charge in [0, 0.05) is 17.2 Å². The Morgan fingerprint density at radius 3 is 2.44 bits per heavy atom. The molecule has 0 aliphatic carbocycles. The number of rotatable bonds is 3. The molecule has 0 amide bonds. The van der Waals surface area contributed by atoms with Crippen LogP contribution in [0.15, 0.2) is 54.9 Å². The molecule has 1 aromatic carbocycles. The number of ketones is 1. The monoisotopic (exact) mass is 238 g/mol. The lowest BCUT2D eigenvalue weighted by molar-refractivity contribution is -0.568. The largest absolute Gasteiger partial charge is 0.289 e. The number of hydrogen-bond donors (Lipinski definition) is 0. The van der Waals surface area contributed by atoms with Gasteiger partial charge in [0.05, 0.1) is 6.08 Å². The van der Waals surface area contributed by atoms with E-state index >= 15 is 0 Å². The van der Waals surface area contributed by atoms with Gasteiger partial charge in [0.15, 0.2) is 24.4 Å². The fourth-order valence-corrected chi connectivity index (χ4v) is 1.68. The van der Waals surface area contributed by atoms with Crippen molar-refractivity contribution in [3.8, 4) is 0 Å². The van der Waals surface area contributed by atoms with Gasteiger partial charge in [-0.1, -0.05) is 29.8 Å². The smallest absolute Gasteiger partial charge is 0.191 e. The summed E-state index contributed by atoms with van der Waals surface area (Å²) in [5.74, 6) is 0.0176. The van der Waals surface area contributed by atoms with Crippen LogP contribution in [0.1, 0.15) is 21.5 Å². The van der Waals surface area contributed by atoms with Crippen molar-refractivity contribution < 1.29 is 9.36 Å². The van der Waals surface area contributed by atoms with E-state index in [1.165, 1.54) is 0 Å². The van der Waals surface area contributed by atoms with E-state index in [1.807, 2.05) is 67.2 Å². The van der Waals surface area contributed by atoms with Crippen LogP contribution in [-0.2, 0) is 0 Å². The van der Waals surface area contributed by atoms with E-state index in [2.05, 4.69) is 0 Å². The highest BCUT2D eigenvalue weighted by Gasteiger charge is 2.02. The van der Waals surface area contributed by atoms with Crippen LogP contribution in [0.5, 0.6) is 0 Å². The summed E-state index contributed by atoms with van der Waals surface area (Å²) >= 11 is 0. The standard InChI is InChI=1S/C16H16NO/c1-13-5-7-15(8-6-13)16(18)9-11-17-10-3-4-14(2)12-17/h3-12H,1-2H3/q+1/b11-9+. The highest BCUT2D eigenvalue weighted by atomic mass is 16.1. The molecule has 18 heavy (non-hydrogen) atoms. The summed E-state index contributed by atoms with van der Waals surface area (Å²) in [5, 5.41) is 0. The minimum atomic E-state index is 0.0176. The highest BCUT2D eigenvalue weighted by molar-refractivity contribution is 6.05. The third-order valence-corrected chi connectivity index (χ3v) is 2.70. The van der Waals surface area contributed by atoms with Crippen LogP contribution in [0.25, 0.3) is 6.20 Å². The molecule has 2 aromatic rings. The zero-order valence-corrected chi connectivity index (χ0v) is 10.6. The molecule has 0 spiro atoms. The molecule has 2 rings (SSSR count). The van der Waals surface area contributed by atoms with Gasteiger partial charge < -0.3 is 0 Å². The maximum absolute atomic E-state index is 11.9. The Bertz CT molecular complexity index is 582. The molecule has 0 radical (unpaired) electrons. The van der Waals surface area contributed by atoms with E-state index in [4.69, 9.17) is 0 Å². The van der Waals surface area contributed by atoms with Crippen molar-refractivity contribution in [1.29, 1.82) is 0 Å². The Morgan fingerprint density at radius 1 is 1.06 bits per heavy atom. The van der Waals surface area contributed by atoms with Crippen LogP contribution in [0.4, 0.5) is 0 Å². The van der Waals surface area contributed by atoms with Crippen LogP contribution in [-0.4, -0.2) is 5.78 Å². The Morgan fingerprint density at radius 2 is 1.78 bits per heavy atom. The van der Waals surface area contributed by atoms with Gasteiger partial charge in [-0.25, -0.2) is 0 Å². The highest BCUT2D eigenvalue weighted by Crippen LogP contribution is 2.04. The van der Waals surface area contributed by atoms with E-state index in [1.54, 1.807) is 12.3 Å². The fourth-order valence-electron chi connectivity index (χ4n) is 1.68. The first-order chi connectivity index (χ1) is 8.65. The first-order valence-electron chi connectivity index (χ1n) is 5.92. The number of benzene rings is 1. The summed E-state index contributed by atoms with van der Waals surface area (Å²) in [7, 11) is 0. The summed E-state index contributed by atoms with van der Waals surface area (Å²) in [6, 6.07) is 11.6. The van der Waals surface area contributed by atoms with Gasteiger partial charge in [0.2, 0.25) is 0 Å². The minimum absolute atomic E-state index is 0.0176. The average molecular weight is 238 g/mol. The van der Waals surface area contributed by atoms with E-state index in [-0.39, 0.29) is 5.78 Å². The quantitative estimate of drug-likeness (QED) is 0.457. The molecule has 0 saturated carbocycles. The second kappa shape index (κ2) is 5.41. The van der Waals surface area contributed by atoms with Crippen LogP contribution in [0.2, 0.25) is 0 Å². The Balaban J connectivity index is 2.14. The number of carbonyl (C=O) groups excluding carboxylic acids is 1. The molecule has 0 N–H and O–H groups in total. The third-order valence-electron chi connectivity index (χ3n) is 2.70. The molecule has 0 atom stereocenters. The van der Waals surface area contributed by atoms with Gasteiger partial charge in [0.25, 0.3) is 0 Å². The van der Waals surface area contributed by atoms with Gasteiger partial charge in [-0.05, 0) is 19.9 Å². The molecule has 1 heterocycles. The first kappa shape index (κ1) is 12.2. The van der Waals surface area contributed by atoms with E-state index in [9.17, 15) is 4.79 Å². The Labute approximate surface area is 107 Å². The van der Waals surface area contributed by atoms with Gasteiger partial charge in [-0.3, -0.25) is 4.79 Å². The number of hydrogen-bond acceptors (Lipinski definition) is 1. The summed E-state index contributed by atoms with van der Waals surface area (Å²) < 4.78 is 1.88. The second-order valence-electron chi connectivity index (χ2n) is 4.37. The lowest BCUT2D eigenvalue weighted by Gasteiger charge is -1.95. The lowest BCUT2D eigenvalue weighted by Crippen LogP contribution is -2.25. The predicted octanol–water partition coefficient (Wildman–Crippen LogP) is 2.94. The normalized spacial score (nSPS) is 10.8. The van der Waals surface area contributed by atoms with Crippen molar-refractivity contribution in [2.45, 2.75) is 13.8 Å². The van der Waals surface area contributed by atoms with Crippen LogP contribution in [0, 0.1) is 13.8 Å². The average Bonchev–Trinajstić information content (AvgIpc) is 2.37. The number of aryl methyl sites for hydroxylation is 2. The molecule has 0 unspecified atom stereocenters. The predicted molar refractivity (Wildman–Crippen MR) is 72.2 cm³/mol. The number of pyridine rings is 1. The van der Waals surface area contributed by atoms with Crippen molar-refractivity contribution in [3.05, 3.63) is 71.6 Å². The Hall–Kier alpha value is -2.22. The number of carbonyl (C=O) groups is 1. The van der Waals surface area contributed by atoms with Gasteiger partial charge in [-0.15, -0.1) is 0 Å². The van der Waals surface area contributed by atoms with Gasteiger partial charge >= 0.3 is 0 Å². The summed E-state index contributed by atoms with van der Waals surface area (Å²) in [4.78, 5) is 11.9. The first-order valence-corrected chi connectivity index (χ1v) is 5.92. The van der Waals surface area contributed by atoms with Crippen molar-refractivity contribution in [1.82, 2.24) is 0 Å². The molecule has 0 saturated heterocycles. The molecule has 0 fully saturated rings. The molecular weight excluding hydrogens is 222 g/mol. The van der Waals surface area contributed by atoms with Crippen molar-refractivity contribution >= 4 is 12.0 Å². The molecule has 2 heteroatoms. The molecule has 0 bridgehead atoms. The van der Waals surface area contributed by atoms with Crippen LogP contribution < -0.4 is 4.57 Å². The summed E-state index contributed by atoms with van der Waals surface area (Å²) in [6.45, 7) is 4.03. The minimum Gasteiger partial charge on any atom is -0.289 e. The summed E-state index contributed by atoms with van der Waals surface area (Å²) in [6.07, 6.45) is 7.24. The van der Waals surface area contributed by atoms with Crippen molar-refractivity contribution in [2.24, 2.45) is 0 Å². The Kier molecular flexibility index (Phi) is 3.68. The molecule has 1 aromatic heterocycles. The zero-order valence-electron chi connectivity index (χ0n) is 10.6. The SMILES string of the molecule is Cc1ccc(C(=O)/C=C/[n+]2cccc(C)c2)cc1. The summed E-state index contributed by atoms with van der Waals surface area (Å²) in [5.41, 5.74) is 3.03. The van der Waals surface area contributed by atoms with E-state index < -0.39 is 0 Å². The number of allylic oxidation sites excluding steroid dienone is 1. The maximum atomic E-state index is 11.9.